The third-order valence-electron chi connectivity index (χ3n) is 3.22. The number of thiophene rings is 1. The lowest BCUT2D eigenvalue weighted by Gasteiger charge is -2.03. The number of rotatable bonds is 4. The van der Waals surface area contributed by atoms with E-state index in [0.29, 0.717) is 49.1 Å². The van der Waals surface area contributed by atoms with E-state index < -0.39 is 0 Å². The molecule has 8 heteroatoms. The summed E-state index contributed by atoms with van der Waals surface area (Å²) in [4.78, 5) is 21.7. The number of halogens is 3. The zero-order valence-corrected chi connectivity index (χ0v) is 15.6. The molecule has 0 bridgehead atoms. The second-order valence-electron chi connectivity index (χ2n) is 4.91. The second-order valence-corrected chi connectivity index (χ2v) is 7.11. The molecule has 0 saturated heterocycles. The summed E-state index contributed by atoms with van der Waals surface area (Å²) in [6, 6.07) is 7.00. The SMILES string of the molecule is CCOC(=O)c1cc2c(Cl)nc(Cc3ccc(Cl)c(Cl)c3)nc2s1. The maximum absolute atomic E-state index is 11.8. The van der Waals surface area contributed by atoms with Crippen LogP contribution in [0, 0.1) is 0 Å². The Morgan fingerprint density at radius 1 is 1.17 bits per heavy atom. The van der Waals surface area contributed by atoms with Gasteiger partial charge < -0.3 is 4.74 Å². The molecule has 2 aromatic heterocycles. The van der Waals surface area contributed by atoms with Crippen LogP contribution in [0.1, 0.15) is 28.0 Å². The summed E-state index contributed by atoms with van der Waals surface area (Å²) >= 11 is 19.4. The fourth-order valence-corrected chi connectivity index (χ4v) is 3.70. The van der Waals surface area contributed by atoms with Gasteiger partial charge in [0.15, 0.2) is 0 Å². The first kappa shape index (κ1) is 17.4. The Balaban J connectivity index is 1.94. The first-order valence-corrected chi connectivity index (χ1v) is 9.00. The van der Waals surface area contributed by atoms with E-state index in [2.05, 4.69) is 9.97 Å². The first-order chi connectivity index (χ1) is 11.5. The molecule has 0 aliphatic carbocycles. The van der Waals surface area contributed by atoms with Crippen molar-refractivity contribution in [2.75, 3.05) is 6.61 Å². The van der Waals surface area contributed by atoms with Gasteiger partial charge in [-0.2, -0.15) is 0 Å². The van der Waals surface area contributed by atoms with Gasteiger partial charge in [-0.15, -0.1) is 11.3 Å². The van der Waals surface area contributed by atoms with Crippen LogP contribution in [0.5, 0.6) is 0 Å². The van der Waals surface area contributed by atoms with Crippen molar-refractivity contribution in [3.05, 3.63) is 55.7 Å². The molecule has 0 spiro atoms. The third-order valence-corrected chi connectivity index (χ3v) is 5.25. The van der Waals surface area contributed by atoms with Crippen LogP contribution in [0.15, 0.2) is 24.3 Å². The highest BCUT2D eigenvalue weighted by Crippen LogP contribution is 2.30. The lowest BCUT2D eigenvalue weighted by Crippen LogP contribution is -2.01. The van der Waals surface area contributed by atoms with Crippen LogP contribution in [0.4, 0.5) is 0 Å². The Morgan fingerprint density at radius 3 is 2.67 bits per heavy atom. The molecule has 0 N–H and O–H groups in total. The van der Waals surface area contributed by atoms with Gasteiger partial charge in [-0.05, 0) is 30.7 Å². The van der Waals surface area contributed by atoms with Gasteiger partial charge in [0.05, 0.1) is 16.7 Å². The molecule has 0 atom stereocenters. The fraction of sp³-hybridized carbons (Fsp3) is 0.188. The summed E-state index contributed by atoms with van der Waals surface area (Å²) in [5, 5.41) is 1.92. The van der Waals surface area contributed by atoms with Gasteiger partial charge in [0.2, 0.25) is 0 Å². The van der Waals surface area contributed by atoms with Crippen LogP contribution in [-0.4, -0.2) is 22.5 Å². The van der Waals surface area contributed by atoms with Crippen LogP contribution in [0.25, 0.3) is 10.2 Å². The molecule has 0 aliphatic heterocycles. The van der Waals surface area contributed by atoms with Gasteiger partial charge in [-0.1, -0.05) is 40.9 Å². The predicted molar refractivity (Wildman–Crippen MR) is 97.6 cm³/mol. The van der Waals surface area contributed by atoms with Crippen molar-refractivity contribution in [1.82, 2.24) is 9.97 Å². The summed E-state index contributed by atoms with van der Waals surface area (Å²) in [6.45, 7) is 2.07. The standard InChI is InChI=1S/C16H11Cl3N2O2S/c1-2-23-16(22)12-7-9-14(19)20-13(21-15(9)24-12)6-8-3-4-10(17)11(18)5-8/h3-5,7H,2,6H2,1H3. The van der Waals surface area contributed by atoms with Crippen LogP contribution in [0.3, 0.4) is 0 Å². The third kappa shape index (κ3) is 3.64. The van der Waals surface area contributed by atoms with Gasteiger partial charge in [-0.3, -0.25) is 0 Å². The van der Waals surface area contributed by atoms with Crippen LogP contribution in [0.2, 0.25) is 15.2 Å². The number of esters is 1. The van der Waals surface area contributed by atoms with E-state index in [1.807, 2.05) is 6.07 Å². The zero-order chi connectivity index (χ0) is 17.3. The predicted octanol–water partition coefficient (Wildman–Crippen LogP) is 5.42. The van der Waals surface area contributed by atoms with Crippen molar-refractivity contribution in [3.8, 4) is 0 Å². The number of carbonyl (C=O) groups is 1. The molecule has 124 valence electrons. The number of aromatic nitrogens is 2. The monoisotopic (exact) mass is 400 g/mol. The number of ether oxygens (including phenoxy) is 1. The van der Waals surface area contributed by atoms with Crippen molar-refractivity contribution < 1.29 is 9.53 Å². The van der Waals surface area contributed by atoms with Crippen LogP contribution in [-0.2, 0) is 11.2 Å². The normalized spacial score (nSPS) is 11.0. The summed E-state index contributed by atoms with van der Waals surface area (Å²) in [7, 11) is 0. The average Bonchev–Trinajstić information content (AvgIpc) is 2.96. The maximum atomic E-state index is 11.8. The lowest BCUT2D eigenvalue weighted by molar-refractivity contribution is 0.0532. The number of hydrogen-bond acceptors (Lipinski definition) is 5. The quantitative estimate of drug-likeness (QED) is 0.433. The minimum absolute atomic E-state index is 0.307. The molecular weight excluding hydrogens is 391 g/mol. The molecule has 3 rings (SSSR count). The topological polar surface area (TPSA) is 52.1 Å². The Labute approximate surface area is 157 Å². The van der Waals surface area contributed by atoms with E-state index in [1.165, 1.54) is 11.3 Å². The Hall–Kier alpha value is -1.40. The lowest BCUT2D eigenvalue weighted by atomic mass is 10.1. The minimum Gasteiger partial charge on any atom is -0.462 e. The molecule has 0 radical (unpaired) electrons. The molecule has 0 saturated carbocycles. The summed E-state index contributed by atoms with van der Waals surface area (Å²) in [5.41, 5.74) is 0.919. The molecule has 2 heterocycles. The zero-order valence-electron chi connectivity index (χ0n) is 12.5. The number of fused-ring (bicyclic) bond motifs is 1. The molecule has 1 aromatic carbocycles. The van der Waals surface area contributed by atoms with E-state index in [4.69, 9.17) is 39.5 Å². The molecule has 4 nitrogen and oxygen atoms in total. The number of carbonyl (C=O) groups excluding carboxylic acids is 1. The summed E-state index contributed by atoms with van der Waals surface area (Å²) in [5.74, 6) is 0.158. The van der Waals surface area contributed by atoms with Crippen molar-refractivity contribution in [1.29, 1.82) is 0 Å². The van der Waals surface area contributed by atoms with E-state index in [0.717, 1.165) is 5.56 Å². The van der Waals surface area contributed by atoms with Crippen molar-refractivity contribution >= 4 is 62.3 Å². The Bertz CT molecular complexity index is 927. The molecule has 0 fully saturated rings. The summed E-state index contributed by atoms with van der Waals surface area (Å²) < 4.78 is 5.00. The Morgan fingerprint density at radius 2 is 1.96 bits per heavy atom. The van der Waals surface area contributed by atoms with E-state index >= 15 is 0 Å². The molecule has 0 aliphatic rings. The summed E-state index contributed by atoms with van der Waals surface area (Å²) in [6.07, 6.45) is 0.458. The van der Waals surface area contributed by atoms with Gasteiger partial charge in [0.1, 0.15) is 20.7 Å². The van der Waals surface area contributed by atoms with E-state index in [-0.39, 0.29) is 5.97 Å². The van der Waals surface area contributed by atoms with Gasteiger partial charge >= 0.3 is 5.97 Å². The van der Waals surface area contributed by atoms with Gasteiger partial charge in [0, 0.05) is 11.8 Å². The van der Waals surface area contributed by atoms with E-state index in [1.54, 1.807) is 25.1 Å². The van der Waals surface area contributed by atoms with Crippen molar-refractivity contribution in [2.24, 2.45) is 0 Å². The second kappa shape index (κ2) is 7.23. The van der Waals surface area contributed by atoms with Crippen molar-refractivity contribution in [3.63, 3.8) is 0 Å². The molecule has 0 unspecified atom stereocenters. The largest absolute Gasteiger partial charge is 0.462 e. The number of nitrogens with zero attached hydrogens (tertiary/aromatic N) is 2. The van der Waals surface area contributed by atoms with Crippen LogP contribution < -0.4 is 0 Å². The molecule has 0 amide bonds. The van der Waals surface area contributed by atoms with Gasteiger partial charge in [-0.25, -0.2) is 14.8 Å². The Kier molecular flexibility index (Phi) is 5.25. The number of benzene rings is 1. The minimum atomic E-state index is -0.386. The maximum Gasteiger partial charge on any atom is 0.348 e. The fourth-order valence-electron chi connectivity index (χ4n) is 2.14. The average molecular weight is 402 g/mol. The highest BCUT2D eigenvalue weighted by molar-refractivity contribution is 7.20. The molecule has 3 aromatic rings. The van der Waals surface area contributed by atoms with Crippen molar-refractivity contribution in [2.45, 2.75) is 13.3 Å². The first-order valence-electron chi connectivity index (χ1n) is 7.05. The number of hydrogen-bond donors (Lipinski definition) is 0. The highest BCUT2D eigenvalue weighted by Gasteiger charge is 2.16. The van der Waals surface area contributed by atoms with Crippen LogP contribution >= 0.6 is 46.1 Å². The smallest absolute Gasteiger partial charge is 0.348 e. The molecule has 24 heavy (non-hydrogen) atoms. The molecular formula is C16H11Cl3N2O2S. The van der Waals surface area contributed by atoms with Gasteiger partial charge in [0.25, 0.3) is 0 Å². The highest BCUT2D eigenvalue weighted by atomic mass is 35.5. The van der Waals surface area contributed by atoms with E-state index in [9.17, 15) is 4.79 Å².